The van der Waals surface area contributed by atoms with Gasteiger partial charge in [0.25, 0.3) is 10.0 Å². The smallest absolute Gasteiger partial charge is 0.264 e. The highest BCUT2D eigenvalue weighted by atomic mass is 32.2. The minimum atomic E-state index is -4.22. The monoisotopic (exact) mass is 339 g/mol. The van der Waals surface area contributed by atoms with Crippen molar-refractivity contribution in [3.05, 3.63) is 48.2 Å². The van der Waals surface area contributed by atoms with Gasteiger partial charge in [-0.25, -0.2) is 22.2 Å². The fraction of sp³-hybridized carbons (Fsp3) is 0.267. The predicted molar refractivity (Wildman–Crippen MR) is 82.9 cm³/mol. The summed E-state index contributed by atoms with van der Waals surface area (Å²) < 4.78 is 53.4. The Balaban J connectivity index is 1.81. The van der Waals surface area contributed by atoms with E-state index in [9.17, 15) is 17.2 Å². The molecule has 1 saturated heterocycles. The Morgan fingerprint density at radius 1 is 1.09 bits per heavy atom. The van der Waals surface area contributed by atoms with Crippen LogP contribution in [0.15, 0.2) is 41.4 Å². The van der Waals surface area contributed by atoms with E-state index in [0.717, 1.165) is 49.9 Å². The first-order chi connectivity index (χ1) is 11.0. The van der Waals surface area contributed by atoms with Gasteiger partial charge in [0.1, 0.15) is 10.7 Å². The average molecular weight is 339 g/mol. The number of hydrogen-bond donors (Lipinski definition) is 1. The minimum Gasteiger partial charge on any atom is -0.357 e. The fourth-order valence-corrected chi connectivity index (χ4v) is 3.61. The van der Waals surface area contributed by atoms with Gasteiger partial charge in [0.05, 0.1) is 11.9 Å². The Hall–Kier alpha value is -2.22. The number of rotatable bonds is 4. The van der Waals surface area contributed by atoms with Crippen molar-refractivity contribution in [2.24, 2.45) is 0 Å². The van der Waals surface area contributed by atoms with Gasteiger partial charge in [0.2, 0.25) is 0 Å². The fourth-order valence-electron chi connectivity index (χ4n) is 2.48. The lowest BCUT2D eigenvalue weighted by Crippen LogP contribution is -2.19. The van der Waals surface area contributed by atoms with Gasteiger partial charge in [-0.3, -0.25) is 4.72 Å². The van der Waals surface area contributed by atoms with Crippen molar-refractivity contribution in [3.8, 4) is 0 Å². The summed E-state index contributed by atoms with van der Waals surface area (Å²) in [7, 11) is -4.22. The normalized spacial score (nSPS) is 15.0. The predicted octanol–water partition coefficient (Wildman–Crippen LogP) is 2.76. The van der Waals surface area contributed by atoms with Crippen LogP contribution in [0, 0.1) is 11.6 Å². The van der Waals surface area contributed by atoms with E-state index in [1.165, 1.54) is 6.20 Å². The number of halogens is 2. The second-order valence-electron chi connectivity index (χ2n) is 5.26. The van der Waals surface area contributed by atoms with Crippen molar-refractivity contribution in [1.29, 1.82) is 0 Å². The number of aromatic nitrogens is 1. The molecule has 0 saturated carbocycles. The van der Waals surface area contributed by atoms with Crippen molar-refractivity contribution < 1.29 is 17.2 Å². The molecule has 122 valence electrons. The van der Waals surface area contributed by atoms with Crippen LogP contribution in [0.25, 0.3) is 0 Å². The minimum absolute atomic E-state index is 0.191. The van der Waals surface area contributed by atoms with E-state index in [0.29, 0.717) is 0 Å². The third kappa shape index (κ3) is 3.26. The molecule has 3 rings (SSSR count). The van der Waals surface area contributed by atoms with Gasteiger partial charge in [-0.2, -0.15) is 0 Å². The SMILES string of the molecule is O=S(=O)(Nc1ccc(N2CCCC2)nc1)c1cccc(F)c1F. The number of nitrogens with one attached hydrogen (secondary N) is 1. The maximum atomic E-state index is 13.7. The molecule has 0 bridgehead atoms. The molecule has 2 heterocycles. The maximum absolute atomic E-state index is 13.7. The molecule has 1 aromatic carbocycles. The lowest BCUT2D eigenvalue weighted by molar-refractivity contribution is 0.485. The largest absolute Gasteiger partial charge is 0.357 e. The Kier molecular flexibility index (Phi) is 4.16. The van der Waals surface area contributed by atoms with Crippen LogP contribution in [-0.2, 0) is 10.0 Å². The molecule has 23 heavy (non-hydrogen) atoms. The molecule has 1 aliphatic heterocycles. The standard InChI is InChI=1S/C15H15F2N3O2S/c16-12-4-3-5-13(15(12)17)23(21,22)19-11-6-7-14(18-10-11)20-8-1-2-9-20/h3-7,10,19H,1-2,8-9H2. The van der Waals surface area contributed by atoms with Gasteiger partial charge in [-0.15, -0.1) is 0 Å². The number of anilines is 2. The topological polar surface area (TPSA) is 62.3 Å². The van der Waals surface area contributed by atoms with Crippen molar-refractivity contribution in [2.45, 2.75) is 17.7 Å². The van der Waals surface area contributed by atoms with Gasteiger partial charge < -0.3 is 4.90 Å². The summed E-state index contributed by atoms with van der Waals surface area (Å²) in [5.74, 6) is -1.85. The molecule has 1 aliphatic rings. The Bertz CT molecular complexity index is 804. The molecule has 5 nitrogen and oxygen atoms in total. The molecule has 0 amide bonds. The Morgan fingerprint density at radius 3 is 2.48 bits per heavy atom. The van der Waals surface area contributed by atoms with Crippen LogP contribution in [0.3, 0.4) is 0 Å². The molecule has 0 unspecified atom stereocenters. The summed E-state index contributed by atoms with van der Waals surface area (Å²) >= 11 is 0. The van der Waals surface area contributed by atoms with Crippen LogP contribution in [0.5, 0.6) is 0 Å². The van der Waals surface area contributed by atoms with Gasteiger partial charge in [0, 0.05) is 13.1 Å². The molecular formula is C15H15F2N3O2S. The zero-order chi connectivity index (χ0) is 16.4. The number of hydrogen-bond acceptors (Lipinski definition) is 4. The van der Waals surface area contributed by atoms with Gasteiger partial charge in [0.15, 0.2) is 11.6 Å². The van der Waals surface area contributed by atoms with Gasteiger partial charge >= 0.3 is 0 Å². The first kappa shape index (κ1) is 15.7. The van der Waals surface area contributed by atoms with E-state index in [1.54, 1.807) is 12.1 Å². The second-order valence-corrected chi connectivity index (χ2v) is 6.91. The van der Waals surface area contributed by atoms with Crippen LogP contribution >= 0.6 is 0 Å². The highest BCUT2D eigenvalue weighted by molar-refractivity contribution is 7.92. The van der Waals surface area contributed by atoms with Crippen LogP contribution in [0.4, 0.5) is 20.3 Å². The summed E-state index contributed by atoms with van der Waals surface area (Å²) in [6, 6.07) is 6.26. The average Bonchev–Trinajstić information content (AvgIpc) is 3.04. The molecule has 0 radical (unpaired) electrons. The molecule has 1 fully saturated rings. The zero-order valence-corrected chi connectivity index (χ0v) is 13.0. The van der Waals surface area contributed by atoms with E-state index in [-0.39, 0.29) is 5.69 Å². The van der Waals surface area contributed by atoms with Crippen molar-refractivity contribution in [2.75, 3.05) is 22.7 Å². The quantitative estimate of drug-likeness (QED) is 0.930. The highest BCUT2D eigenvalue weighted by Gasteiger charge is 2.22. The van der Waals surface area contributed by atoms with Gasteiger partial charge in [-0.1, -0.05) is 6.07 Å². The summed E-state index contributed by atoms with van der Waals surface area (Å²) in [6.07, 6.45) is 3.58. The third-order valence-electron chi connectivity index (χ3n) is 3.64. The van der Waals surface area contributed by atoms with E-state index in [2.05, 4.69) is 14.6 Å². The first-order valence-electron chi connectivity index (χ1n) is 7.15. The summed E-state index contributed by atoms with van der Waals surface area (Å²) in [4.78, 5) is 5.58. The van der Waals surface area contributed by atoms with E-state index in [4.69, 9.17) is 0 Å². The summed E-state index contributed by atoms with van der Waals surface area (Å²) in [5, 5.41) is 0. The third-order valence-corrected chi connectivity index (χ3v) is 5.03. The van der Waals surface area contributed by atoms with Crippen LogP contribution < -0.4 is 9.62 Å². The molecular weight excluding hydrogens is 324 g/mol. The maximum Gasteiger partial charge on any atom is 0.264 e. The second kappa shape index (κ2) is 6.11. The number of benzene rings is 1. The van der Waals surface area contributed by atoms with Crippen LogP contribution in [-0.4, -0.2) is 26.5 Å². The number of sulfonamides is 1. The lowest BCUT2D eigenvalue weighted by atomic mass is 10.3. The van der Waals surface area contributed by atoms with Crippen LogP contribution in [0.1, 0.15) is 12.8 Å². The van der Waals surface area contributed by atoms with E-state index < -0.39 is 26.6 Å². The zero-order valence-electron chi connectivity index (χ0n) is 12.2. The van der Waals surface area contributed by atoms with E-state index >= 15 is 0 Å². The van der Waals surface area contributed by atoms with Crippen LogP contribution in [0.2, 0.25) is 0 Å². The molecule has 0 aliphatic carbocycles. The Morgan fingerprint density at radius 2 is 1.83 bits per heavy atom. The van der Waals surface area contributed by atoms with Crippen molar-refractivity contribution >= 4 is 21.5 Å². The Labute approximate surface area is 133 Å². The lowest BCUT2D eigenvalue weighted by Gasteiger charge is -2.16. The molecule has 8 heteroatoms. The molecule has 0 atom stereocenters. The molecule has 0 spiro atoms. The van der Waals surface area contributed by atoms with E-state index in [1.807, 2.05) is 0 Å². The highest BCUT2D eigenvalue weighted by Crippen LogP contribution is 2.22. The molecule has 2 aromatic rings. The summed E-state index contributed by atoms with van der Waals surface area (Å²) in [5.41, 5.74) is 0.191. The van der Waals surface area contributed by atoms with Crippen molar-refractivity contribution in [1.82, 2.24) is 4.98 Å². The van der Waals surface area contributed by atoms with Gasteiger partial charge in [-0.05, 0) is 37.1 Å². The first-order valence-corrected chi connectivity index (χ1v) is 8.63. The molecule has 1 aromatic heterocycles. The summed E-state index contributed by atoms with van der Waals surface area (Å²) in [6.45, 7) is 1.85. The number of nitrogens with zero attached hydrogens (tertiary/aromatic N) is 2. The van der Waals surface area contributed by atoms with Crippen molar-refractivity contribution in [3.63, 3.8) is 0 Å². The number of pyridine rings is 1. The molecule has 1 N–H and O–H groups in total.